The van der Waals surface area contributed by atoms with Crippen LogP contribution in [0.1, 0.15) is 46.0 Å². The van der Waals surface area contributed by atoms with Crippen molar-refractivity contribution in [3.63, 3.8) is 0 Å². The first kappa shape index (κ1) is 10.8. The molecular weight excluding hydrogens is 160 g/mol. The Hall–Kier alpha value is -0.300. The molecule has 2 atom stereocenters. The van der Waals surface area contributed by atoms with Crippen molar-refractivity contribution < 1.29 is 5.11 Å². The number of hydrogen-bond acceptors (Lipinski definition) is 1. The van der Waals surface area contributed by atoms with Gasteiger partial charge in [-0.15, -0.1) is 0 Å². The fraction of sp³-hybridized carbons (Fsp3) is 0.833. The highest BCUT2D eigenvalue weighted by molar-refractivity contribution is 4.90. The third-order valence-corrected chi connectivity index (χ3v) is 3.02. The molecule has 0 bridgehead atoms. The zero-order valence-electron chi connectivity index (χ0n) is 8.87. The summed E-state index contributed by atoms with van der Waals surface area (Å²) in [4.78, 5) is 0. The largest absolute Gasteiger partial charge is 0.393 e. The lowest BCUT2D eigenvalue weighted by molar-refractivity contribution is 0.107. The summed E-state index contributed by atoms with van der Waals surface area (Å²) in [6.07, 6.45) is 10.4. The zero-order chi connectivity index (χ0) is 9.68. The summed E-state index contributed by atoms with van der Waals surface area (Å²) in [5.74, 6) is 1.25. The van der Waals surface area contributed by atoms with Gasteiger partial charge in [0, 0.05) is 0 Å². The minimum Gasteiger partial charge on any atom is -0.393 e. The van der Waals surface area contributed by atoms with Crippen molar-refractivity contribution in [1.29, 1.82) is 0 Å². The van der Waals surface area contributed by atoms with Gasteiger partial charge < -0.3 is 5.11 Å². The van der Waals surface area contributed by atoms with Crippen LogP contribution >= 0.6 is 0 Å². The second kappa shape index (κ2) is 5.43. The molecule has 76 valence electrons. The van der Waals surface area contributed by atoms with Crippen LogP contribution in [0, 0.1) is 11.8 Å². The molecule has 0 fully saturated rings. The first-order chi connectivity index (χ1) is 6.20. The number of hydrogen-bond donors (Lipinski definition) is 1. The molecule has 0 aromatic rings. The molecule has 1 heteroatoms. The van der Waals surface area contributed by atoms with E-state index in [2.05, 4.69) is 26.0 Å². The van der Waals surface area contributed by atoms with Gasteiger partial charge in [0.2, 0.25) is 0 Å². The van der Waals surface area contributed by atoms with Crippen LogP contribution < -0.4 is 0 Å². The molecule has 0 aliphatic heterocycles. The maximum absolute atomic E-state index is 9.64. The van der Waals surface area contributed by atoms with Gasteiger partial charge in [0.05, 0.1) is 6.10 Å². The minimum atomic E-state index is -0.0918. The maximum Gasteiger partial charge on any atom is 0.0563 e. The summed E-state index contributed by atoms with van der Waals surface area (Å²) in [5.41, 5.74) is 0. The van der Waals surface area contributed by atoms with Crippen molar-refractivity contribution in [2.24, 2.45) is 11.8 Å². The quantitative estimate of drug-likeness (QED) is 0.662. The molecule has 1 nitrogen and oxygen atoms in total. The molecule has 0 spiro atoms. The zero-order valence-corrected chi connectivity index (χ0v) is 8.87. The fourth-order valence-corrected chi connectivity index (χ4v) is 1.86. The van der Waals surface area contributed by atoms with Crippen molar-refractivity contribution >= 4 is 0 Å². The SMILES string of the molecule is CC(C)C(O)CCC1CC=CCC1. The van der Waals surface area contributed by atoms with Gasteiger partial charge in [-0.05, 0) is 43.9 Å². The number of allylic oxidation sites excluding steroid dienone is 2. The molecule has 0 aromatic heterocycles. The van der Waals surface area contributed by atoms with E-state index in [-0.39, 0.29) is 6.10 Å². The predicted octanol–water partition coefficient (Wildman–Crippen LogP) is 3.14. The Balaban J connectivity index is 2.14. The van der Waals surface area contributed by atoms with E-state index < -0.39 is 0 Å². The molecule has 2 unspecified atom stereocenters. The molecule has 0 amide bonds. The van der Waals surface area contributed by atoms with Gasteiger partial charge in [-0.2, -0.15) is 0 Å². The van der Waals surface area contributed by atoms with E-state index in [0.717, 1.165) is 12.3 Å². The molecular formula is C12H22O. The Morgan fingerprint density at radius 2 is 2.15 bits per heavy atom. The second-order valence-electron chi connectivity index (χ2n) is 4.54. The Kier molecular flexibility index (Phi) is 4.51. The molecule has 1 rings (SSSR count). The number of rotatable bonds is 4. The second-order valence-corrected chi connectivity index (χ2v) is 4.54. The first-order valence-electron chi connectivity index (χ1n) is 5.53. The smallest absolute Gasteiger partial charge is 0.0563 e. The summed E-state index contributed by atoms with van der Waals surface area (Å²) < 4.78 is 0. The van der Waals surface area contributed by atoms with Crippen LogP contribution in [-0.4, -0.2) is 11.2 Å². The highest BCUT2D eigenvalue weighted by Crippen LogP contribution is 2.24. The summed E-state index contributed by atoms with van der Waals surface area (Å²) in [5, 5.41) is 9.64. The minimum absolute atomic E-state index is 0.0918. The fourth-order valence-electron chi connectivity index (χ4n) is 1.86. The Morgan fingerprint density at radius 1 is 1.38 bits per heavy atom. The highest BCUT2D eigenvalue weighted by atomic mass is 16.3. The average molecular weight is 182 g/mol. The van der Waals surface area contributed by atoms with Gasteiger partial charge in [-0.1, -0.05) is 26.0 Å². The van der Waals surface area contributed by atoms with Gasteiger partial charge in [0.25, 0.3) is 0 Å². The van der Waals surface area contributed by atoms with Crippen LogP contribution in [0.15, 0.2) is 12.2 Å². The van der Waals surface area contributed by atoms with Gasteiger partial charge in [-0.25, -0.2) is 0 Å². The summed E-state index contributed by atoms with van der Waals surface area (Å²) in [6, 6.07) is 0. The molecule has 1 aliphatic carbocycles. The summed E-state index contributed by atoms with van der Waals surface area (Å²) in [7, 11) is 0. The third kappa shape index (κ3) is 3.95. The van der Waals surface area contributed by atoms with E-state index in [1.807, 2.05) is 0 Å². The van der Waals surface area contributed by atoms with Gasteiger partial charge in [0.1, 0.15) is 0 Å². The normalized spacial score (nSPS) is 25.1. The monoisotopic (exact) mass is 182 g/mol. The highest BCUT2D eigenvalue weighted by Gasteiger charge is 2.14. The van der Waals surface area contributed by atoms with E-state index in [9.17, 15) is 5.11 Å². The van der Waals surface area contributed by atoms with E-state index >= 15 is 0 Å². The lowest BCUT2D eigenvalue weighted by atomic mass is 9.88. The predicted molar refractivity (Wildman–Crippen MR) is 56.6 cm³/mol. The number of aliphatic hydroxyl groups is 1. The van der Waals surface area contributed by atoms with E-state index in [0.29, 0.717) is 5.92 Å². The Bertz CT molecular complexity index is 161. The van der Waals surface area contributed by atoms with Crippen molar-refractivity contribution in [2.75, 3.05) is 0 Å². The van der Waals surface area contributed by atoms with Gasteiger partial charge >= 0.3 is 0 Å². The van der Waals surface area contributed by atoms with Crippen LogP contribution in [-0.2, 0) is 0 Å². The summed E-state index contributed by atoms with van der Waals surface area (Å²) >= 11 is 0. The molecule has 13 heavy (non-hydrogen) atoms. The van der Waals surface area contributed by atoms with Crippen molar-refractivity contribution in [3.8, 4) is 0 Å². The lowest BCUT2D eigenvalue weighted by Gasteiger charge is -2.20. The van der Waals surface area contributed by atoms with Crippen molar-refractivity contribution in [3.05, 3.63) is 12.2 Å². The molecule has 0 saturated heterocycles. The van der Waals surface area contributed by atoms with Crippen molar-refractivity contribution in [2.45, 2.75) is 52.1 Å². The summed E-state index contributed by atoms with van der Waals surface area (Å²) in [6.45, 7) is 4.18. The molecule has 0 radical (unpaired) electrons. The average Bonchev–Trinajstić information content (AvgIpc) is 2.15. The van der Waals surface area contributed by atoms with E-state index in [1.165, 1.54) is 25.7 Å². The van der Waals surface area contributed by atoms with Crippen LogP contribution in [0.3, 0.4) is 0 Å². The third-order valence-electron chi connectivity index (χ3n) is 3.02. The van der Waals surface area contributed by atoms with E-state index in [1.54, 1.807) is 0 Å². The Labute approximate surface area is 81.9 Å². The first-order valence-corrected chi connectivity index (χ1v) is 5.53. The number of aliphatic hydroxyl groups excluding tert-OH is 1. The lowest BCUT2D eigenvalue weighted by Crippen LogP contribution is -2.16. The Morgan fingerprint density at radius 3 is 2.69 bits per heavy atom. The van der Waals surface area contributed by atoms with Crippen LogP contribution in [0.5, 0.6) is 0 Å². The molecule has 0 saturated carbocycles. The topological polar surface area (TPSA) is 20.2 Å². The van der Waals surface area contributed by atoms with Crippen LogP contribution in [0.25, 0.3) is 0 Å². The maximum atomic E-state index is 9.64. The van der Waals surface area contributed by atoms with Crippen LogP contribution in [0.4, 0.5) is 0 Å². The molecule has 1 N–H and O–H groups in total. The molecule has 0 heterocycles. The van der Waals surface area contributed by atoms with Crippen LogP contribution in [0.2, 0.25) is 0 Å². The van der Waals surface area contributed by atoms with Gasteiger partial charge in [-0.3, -0.25) is 0 Å². The van der Waals surface area contributed by atoms with Gasteiger partial charge in [0.15, 0.2) is 0 Å². The van der Waals surface area contributed by atoms with E-state index in [4.69, 9.17) is 0 Å². The van der Waals surface area contributed by atoms with Crippen molar-refractivity contribution in [1.82, 2.24) is 0 Å². The molecule has 0 aromatic carbocycles. The molecule has 1 aliphatic rings. The standard InChI is InChI=1S/C12H22O/c1-10(2)12(13)9-8-11-6-4-3-5-7-11/h3-4,10-13H,5-9H2,1-2H3.